The van der Waals surface area contributed by atoms with Crippen molar-refractivity contribution in [3.63, 3.8) is 0 Å². The van der Waals surface area contributed by atoms with Crippen LogP contribution < -0.4 is 5.32 Å². The van der Waals surface area contributed by atoms with Gasteiger partial charge in [0.1, 0.15) is 0 Å². The number of ether oxygens (including phenoxy) is 1. The minimum absolute atomic E-state index is 0. The lowest BCUT2D eigenvalue weighted by Gasteiger charge is -2.33. The molecule has 0 radical (unpaired) electrons. The van der Waals surface area contributed by atoms with E-state index in [1.54, 1.807) is 7.05 Å². The first-order valence-corrected chi connectivity index (χ1v) is 10.2. The van der Waals surface area contributed by atoms with Crippen molar-refractivity contribution >= 4 is 45.9 Å². The van der Waals surface area contributed by atoms with Gasteiger partial charge < -0.3 is 15.0 Å². The monoisotopic (exact) mass is 488 g/mol. The number of rotatable bonds is 5. The Labute approximate surface area is 167 Å². The molecule has 25 heavy (non-hydrogen) atoms. The van der Waals surface area contributed by atoms with Crippen LogP contribution in [0.25, 0.3) is 0 Å². The van der Waals surface area contributed by atoms with Gasteiger partial charge in [0.15, 0.2) is 5.96 Å². The van der Waals surface area contributed by atoms with Gasteiger partial charge in [0.05, 0.1) is 18.3 Å². The van der Waals surface area contributed by atoms with Crippen LogP contribution in [0.1, 0.15) is 26.2 Å². The number of hydrogen-bond donors (Lipinski definition) is 1. The summed E-state index contributed by atoms with van der Waals surface area (Å²) in [5, 5.41) is 3.23. The highest BCUT2D eigenvalue weighted by molar-refractivity contribution is 14.0. The van der Waals surface area contributed by atoms with E-state index in [-0.39, 0.29) is 41.6 Å². The lowest BCUT2D eigenvalue weighted by Crippen LogP contribution is -2.48. The number of carbonyl (C=O) groups excluding carboxylic acids is 1. The summed E-state index contributed by atoms with van der Waals surface area (Å²) in [6.07, 6.45) is 2.21. The Morgan fingerprint density at radius 1 is 1.28 bits per heavy atom. The van der Waals surface area contributed by atoms with Crippen molar-refractivity contribution in [3.05, 3.63) is 0 Å². The Hall–Kier alpha value is -0.620. The number of guanidine groups is 1. The summed E-state index contributed by atoms with van der Waals surface area (Å²) >= 11 is 0. The maximum atomic E-state index is 11.8. The summed E-state index contributed by atoms with van der Waals surface area (Å²) in [5.41, 5.74) is 0. The molecule has 0 aromatic rings. The predicted molar refractivity (Wildman–Crippen MR) is 108 cm³/mol. The first-order valence-electron chi connectivity index (χ1n) is 8.58. The molecule has 2 fully saturated rings. The number of hydrogen-bond acceptors (Lipinski definition) is 5. The van der Waals surface area contributed by atoms with Gasteiger partial charge in [-0.05, 0) is 26.2 Å². The highest BCUT2D eigenvalue weighted by atomic mass is 127. The highest BCUT2D eigenvalue weighted by Crippen LogP contribution is 2.18. The molecule has 8 nitrogen and oxygen atoms in total. The Kier molecular flexibility index (Phi) is 9.43. The first-order chi connectivity index (χ1) is 11.5. The Morgan fingerprint density at radius 3 is 2.48 bits per heavy atom. The van der Waals surface area contributed by atoms with E-state index >= 15 is 0 Å². The molecule has 2 rings (SSSR count). The summed E-state index contributed by atoms with van der Waals surface area (Å²) < 4.78 is 30.2. The molecule has 0 bridgehead atoms. The standard InChI is InChI=1S/C15H28N4O4S.HI/c1-3-23-14(20)13-5-9-18(10-6-13)15(16-2)17-7-11-19-8-4-12-24(19,21)22;/h13H,3-12H2,1-2H3,(H,16,17);1H. The van der Waals surface area contributed by atoms with Gasteiger partial charge in [-0.15, -0.1) is 24.0 Å². The van der Waals surface area contributed by atoms with Gasteiger partial charge in [0.25, 0.3) is 0 Å². The average Bonchev–Trinajstić information content (AvgIpc) is 2.90. The quantitative estimate of drug-likeness (QED) is 0.262. The molecule has 0 saturated carbocycles. The number of carbonyl (C=O) groups is 1. The smallest absolute Gasteiger partial charge is 0.309 e. The topological polar surface area (TPSA) is 91.3 Å². The summed E-state index contributed by atoms with van der Waals surface area (Å²) in [6.45, 7) is 5.31. The number of aliphatic imine (C=N–C) groups is 1. The number of halogens is 1. The fourth-order valence-corrected chi connectivity index (χ4v) is 4.68. The van der Waals surface area contributed by atoms with Gasteiger partial charge in [-0.3, -0.25) is 9.79 Å². The minimum atomic E-state index is -3.05. The van der Waals surface area contributed by atoms with Crippen molar-refractivity contribution in [1.82, 2.24) is 14.5 Å². The van der Waals surface area contributed by atoms with E-state index in [4.69, 9.17) is 4.74 Å². The lowest BCUT2D eigenvalue weighted by molar-refractivity contribution is -0.149. The van der Waals surface area contributed by atoms with Gasteiger partial charge in [0, 0.05) is 39.8 Å². The second kappa shape index (κ2) is 10.5. The fourth-order valence-electron chi connectivity index (χ4n) is 3.15. The van der Waals surface area contributed by atoms with Crippen molar-refractivity contribution in [3.8, 4) is 0 Å². The number of likely N-dealkylation sites (tertiary alicyclic amines) is 1. The second-order valence-corrected chi connectivity index (χ2v) is 8.14. The molecule has 0 amide bonds. The fraction of sp³-hybridized carbons (Fsp3) is 0.867. The van der Waals surface area contributed by atoms with Crippen molar-refractivity contribution in [2.45, 2.75) is 26.2 Å². The number of nitrogens with zero attached hydrogens (tertiary/aromatic N) is 3. The van der Waals surface area contributed by atoms with Gasteiger partial charge in [-0.2, -0.15) is 0 Å². The molecule has 0 atom stereocenters. The molecule has 0 aromatic heterocycles. The molecule has 146 valence electrons. The van der Waals surface area contributed by atoms with E-state index in [1.165, 1.54) is 4.31 Å². The number of sulfonamides is 1. The number of esters is 1. The Morgan fingerprint density at radius 2 is 1.96 bits per heavy atom. The summed E-state index contributed by atoms with van der Waals surface area (Å²) in [7, 11) is -1.34. The average molecular weight is 488 g/mol. The van der Waals surface area contributed by atoms with Crippen LogP contribution in [0.2, 0.25) is 0 Å². The first kappa shape index (κ1) is 22.4. The molecule has 2 heterocycles. The number of piperidine rings is 1. The molecule has 0 spiro atoms. The van der Waals surface area contributed by atoms with Crippen LogP contribution >= 0.6 is 24.0 Å². The molecule has 0 aromatic carbocycles. The summed E-state index contributed by atoms with van der Waals surface area (Å²) in [6, 6.07) is 0. The molecule has 2 aliphatic rings. The molecular weight excluding hydrogens is 459 g/mol. The lowest BCUT2D eigenvalue weighted by atomic mass is 9.97. The minimum Gasteiger partial charge on any atom is -0.466 e. The van der Waals surface area contributed by atoms with Crippen LogP contribution in [0.3, 0.4) is 0 Å². The molecule has 10 heteroatoms. The van der Waals surface area contributed by atoms with Gasteiger partial charge in [-0.25, -0.2) is 12.7 Å². The zero-order valence-corrected chi connectivity index (χ0v) is 18.1. The molecule has 2 aliphatic heterocycles. The third kappa shape index (κ3) is 6.24. The van der Waals surface area contributed by atoms with Crippen LogP contribution in [0.5, 0.6) is 0 Å². The third-order valence-corrected chi connectivity index (χ3v) is 6.43. The molecule has 2 saturated heterocycles. The maximum Gasteiger partial charge on any atom is 0.309 e. The van der Waals surface area contributed by atoms with Crippen LogP contribution in [-0.4, -0.2) is 81.7 Å². The van der Waals surface area contributed by atoms with Crippen molar-refractivity contribution < 1.29 is 17.9 Å². The largest absolute Gasteiger partial charge is 0.466 e. The maximum absolute atomic E-state index is 11.8. The normalized spacial score (nSPS) is 21.7. The molecular formula is C15H29IN4O4S. The van der Waals surface area contributed by atoms with Crippen molar-refractivity contribution in [1.29, 1.82) is 0 Å². The Bertz CT molecular complexity index is 562. The zero-order valence-electron chi connectivity index (χ0n) is 14.9. The van der Waals surface area contributed by atoms with Crippen molar-refractivity contribution in [2.24, 2.45) is 10.9 Å². The Balaban J connectivity index is 0.00000312. The number of nitrogens with one attached hydrogen (secondary N) is 1. The van der Waals surface area contributed by atoms with Crippen molar-refractivity contribution in [2.75, 3.05) is 52.1 Å². The SMILES string of the molecule is CCOC(=O)C1CCN(C(=NC)NCCN2CCCS2(=O)=O)CC1.I. The van der Waals surface area contributed by atoms with E-state index in [9.17, 15) is 13.2 Å². The highest BCUT2D eigenvalue weighted by Gasteiger charge is 2.29. The molecule has 1 N–H and O–H groups in total. The van der Waals surface area contributed by atoms with E-state index < -0.39 is 10.0 Å². The van der Waals surface area contributed by atoms with Crippen LogP contribution in [0.15, 0.2) is 4.99 Å². The van der Waals surface area contributed by atoms with E-state index in [2.05, 4.69) is 15.2 Å². The third-order valence-electron chi connectivity index (χ3n) is 4.47. The second-order valence-electron chi connectivity index (χ2n) is 6.06. The summed E-state index contributed by atoms with van der Waals surface area (Å²) in [4.78, 5) is 18.1. The van der Waals surface area contributed by atoms with E-state index in [1.807, 2.05) is 6.92 Å². The van der Waals surface area contributed by atoms with E-state index in [0.717, 1.165) is 31.9 Å². The van der Waals surface area contributed by atoms with E-state index in [0.29, 0.717) is 32.7 Å². The van der Waals surface area contributed by atoms with Gasteiger partial charge in [0.2, 0.25) is 10.0 Å². The van der Waals surface area contributed by atoms with Crippen LogP contribution in [0.4, 0.5) is 0 Å². The van der Waals surface area contributed by atoms with Gasteiger partial charge >= 0.3 is 5.97 Å². The molecule has 0 aliphatic carbocycles. The molecule has 0 unspecified atom stereocenters. The van der Waals surface area contributed by atoms with Crippen LogP contribution in [0, 0.1) is 5.92 Å². The van der Waals surface area contributed by atoms with Gasteiger partial charge in [-0.1, -0.05) is 0 Å². The van der Waals surface area contributed by atoms with Crippen LogP contribution in [-0.2, 0) is 19.6 Å². The summed E-state index contributed by atoms with van der Waals surface area (Å²) in [5.74, 6) is 0.866. The zero-order chi connectivity index (χ0) is 17.6. The predicted octanol–water partition coefficient (Wildman–Crippen LogP) is 0.490.